The van der Waals surface area contributed by atoms with Crippen molar-refractivity contribution in [3.63, 3.8) is 0 Å². The predicted molar refractivity (Wildman–Crippen MR) is 109 cm³/mol. The second-order valence-corrected chi connectivity index (χ2v) is 8.58. The summed E-state index contributed by atoms with van der Waals surface area (Å²) >= 11 is 0. The van der Waals surface area contributed by atoms with E-state index in [4.69, 9.17) is 0 Å². The monoisotopic (exact) mass is 451 g/mol. The number of pyridine rings is 1. The number of aromatic nitrogens is 3. The Morgan fingerprint density at radius 1 is 1.00 bits per heavy atom. The number of hydrogen-bond acceptors (Lipinski definition) is 5. The Hall–Kier alpha value is -3.34. The number of rotatable bonds is 3. The van der Waals surface area contributed by atoms with Gasteiger partial charge in [-0.2, -0.15) is 21.6 Å². The number of nitrogens with zero attached hydrogens (tertiary/aromatic N) is 3. The maximum absolute atomic E-state index is 12.7. The highest BCUT2D eigenvalue weighted by atomic mass is 32.2. The molecule has 0 atom stereocenters. The van der Waals surface area contributed by atoms with Crippen molar-refractivity contribution < 1.29 is 25.8 Å². The van der Waals surface area contributed by atoms with Crippen molar-refractivity contribution in [2.75, 3.05) is 0 Å². The summed E-state index contributed by atoms with van der Waals surface area (Å²) in [6.07, 6.45) is 1.27. The van der Waals surface area contributed by atoms with Crippen molar-refractivity contribution in [1.82, 2.24) is 14.1 Å². The molecule has 0 spiro atoms. The van der Waals surface area contributed by atoms with E-state index < -0.39 is 21.5 Å². The van der Waals surface area contributed by atoms with Gasteiger partial charge in [-0.15, -0.1) is 0 Å². The number of imidazole rings is 1. The first-order valence-electron chi connectivity index (χ1n) is 8.97. The Morgan fingerprint density at radius 2 is 1.68 bits per heavy atom. The maximum Gasteiger partial charge on any atom is 0.534 e. The van der Waals surface area contributed by atoms with Gasteiger partial charge in [0.15, 0.2) is 0 Å². The molecular weight excluding hydrogens is 435 g/mol. The van der Waals surface area contributed by atoms with Crippen LogP contribution in [0.2, 0.25) is 0 Å². The third-order valence-electron chi connectivity index (χ3n) is 5.20. The Morgan fingerprint density at radius 3 is 2.35 bits per heavy atom. The lowest BCUT2D eigenvalue weighted by Crippen LogP contribution is -2.28. The standard InChI is InChI=1S/C20H16F3N3O4S/c1-11-13-5-4-6-14(12-7-8-16-17(9-12)26(3)19(27)25(16)2)15(13)10-24-18(11)30-31(28,29)20(21,22)23/h4-10H,1-3H3. The summed E-state index contributed by atoms with van der Waals surface area (Å²) < 4.78 is 68.0. The third-order valence-corrected chi connectivity index (χ3v) is 6.14. The fraction of sp³-hybridized carbons (Fsp3) is 0.200. The SMILES string of the molecule is Cc1c(OS(=O)(=O)C(F)(F)F)ncc2c(-c3ccc4c(c3)n(C)c(=O)n4C)cccc12. The summed E-state index contributed by atoms with van der Waals surface area (Å²) in [5.74, 6) is -0.636. The Bertz CT molecular complexity index is 1520. The smallest absolute Gasteiger partial charge is 0.355 e. The molecule has 0 unspecified atom stereocenters. The van der Waals surface area contributed by atoms with Crippen LogP contribution in [0.4, 0.5) is 13.2 Å². The van der Waals surface area contributed by atoms with Crippen LogP contribution >= 0.6 is 0 Å². The van der Waals surface area contributed by atoms with Crippen LogP contribution in [0.15, 0.2) is 47.4 Å². The molecule has 2 heterocycles. The number of aryl methyl sites for hydroxylation is 3. The zero-order chi connectivity index (χ0) is 22.7. The molecule has 0 aliphatic rings. The van der Waals surface area contributed by atoms with E-state index in [2.05, 4.69) is 9.17 Å². The van der Waals surface area contributed by atoms with Gasteiger partial charge in [-0.1, -0.05) is 24.3 Å². The zero-order valence-corrected chi connectivity index (χ0v) is 17.4. The molecule has 2 aromatic heterocycles. The van der Waals surface area contributed by atoms with Crippen LogP contribution in [0.5, 0.6) is 5.88 Å². The van der Waals surface area contributed by atoms with Gasteiger partial charge in [0.05, 0.1) is 11.0 Å². The molecule has 2 aromatic carbocycles. The molecule has 0 saturated carbocycles. The maximum atomic E-state index is 12.7. The lowest BCUT2D eigenvalue weighted by atomic mass is 9.97. The van der Waals surface area contributed by atoms with Gasteiger partial charge in [0, 0.05) is 31.2 Å². The van der Waals surface area contributed by atoms with E-state index in [9.17, 15) is 26.4 Å². The average Bonchev–Trinajstić information content (AvgIpc) is 2.92. The molecule has 0 saturated heterocycles. The van der Waals surface area contributed by atoms with Crippen LogP contribution in [0.3, 0.4) is 0 Å². The van der Waals surface area contributed by atoms with E-state index in [0.29, 0.717) is 16.3 Å². The molecule has 11 heteroatoms. The van der Waals surface area contributed by atoms with Crippen molar-refractivity contribution in [2.24, 2.45) is 14.1 Å². The summed E-state index contributed by atoms with van der Waals surface area (Å²) in [6.45, 7) is 1.43. The van der Waals surface area contributed by atoms with Gasteiger partial charge in [0.25, 0.3) is 0 Å². The van der Waals surface area contributed by atoms with Crippen molar-refractivity contribution in [1.29, 1.82) is 0 Å². The number of halogens is 3. The highest BCUT2D eigenvalue weighted by molar-refractivity contribution is 7.87. The highest BCUT2D eigenvalue weighted by Crippen LogP contribution is 2.35. The molecule has 0 N–H and O–H groups in total. The molecule has 0 aliphatic heterocycles. The molecular formula is C20H16F3N3O4S. The molecule has 0 fully saturated rings. The largest absolute Gasteiger partial charge is 0.534 e. The lowest BCUT2D eigenvalue weighted by molar-refractivity contribution is -0.0501. The van der Waals surface area contributed by atoms with E-state index in [1.807, 2.05) is 12.1 Å². The number of benzene rings is 2. The van der Waals surface area contributed by atoms with Crippen molar-refractivity contribution in [3.05, 3.63) is 58.6 Å². The topological polar surface area (TPSA) is 83.2 Å². The van der Waals surface area contributed by atoms with E-state index >= 15 is 0 Å². The quantitative estimate of drug-likeness (QED) is 0.351. The molecule has 7 nitrogen and oxygen atoms in total. The molecule has 4 rings (SSSR count). The summed E-state index contributed by atoms with van der Waals surface area (Å²) in [4.78, 5) is 16.0. The zero-order valence-electron chi connectivity index (χ0n) is 16.6. The molecule has 162 valence electrons. The molecule has 0 bridgehead atoms. The minimum absolute atomic E-state index is 0.153. The van der Waals surface area contributed by atoms with Crippen molar-refractivity contribution in [2.45, 2.75) is 12.4 Å². The van der Waals surface area contributed by atoms with Gasteiger partial charge in [0.2, 0.25) is 5.88 Å². The number of alkyl halides is 3. The van der Waals surface area contributed by atoms with Crippen LogP contribution in [0, 0.1) is 6.92 Å². The van der Waals surface area contributed by atoms with E-state index in [0.717, 1.165) is 16.6 Å². The highest BCUT2D eigenvalue weighted by Gasteiger charge is 2.49. The number of fused-ring (bicyclic) bond motifs is 2. The van der Waals surface area contributed by atoms with Gasteiger partial charge >= 0.3 is 21.3 Å². The summed E-state index contributed by atoms with van der Waals surface area (Å²) in [7, 11) is -2.50. The Kier molecular flexibility index (Phi) is 4.61. The van der Waals surface area contributed by atoms with Gasteiger partial charge < -0.3 is 4.18 Å². The van der Waals surface area contributed by atoms with E-state index in [-0.39, 0.29) is 11.3 Å². The minimum Gasteiger partial charge on any atom is -0.355 e. The molecule has 0 amide bonds. The Balaban J connectivity index is 1.88. The molecule has 0 radical (unpaired) electrons. The fourth-order valence-corrected chi connectivity index (χ4v) is 4.00. The van der Waals surface area contributed by atoms with E-state index in [1.165, 1.54) is 22.3 Å². The molecule has 0 aliphatic carbocycles. The minimum atomic E-state index is -5.83. The number of hydrogen-bond donors (Lipinski definition) is 0. The Labute approximate surface area is 174 Å². The van der Waals surface area contributed by atoms with Crippen LogP contribution in [0.1, 0.15) is 5.56 Å². The second kappa shape index (κ2) is 6.84. The molecule has 31 heavy (non-hydrogen) atoms. The lowest BCUT2D eigenvalue weighted by Gasteiger charge is -2.13. The van der Waals surface area contributed by atoms with Crippen LogP contribution in [-0.2, 0) is 24.2 Å². The van der Waals surface area contributed by atoms with Gasteiger partial charge in [-0.25, -0.2) is 9.78 Å². The summed E-state index contributed by atoms with van der Waals surface area (Å²) in [6, 6.07) is 10.6. The van der Waals surface area contributed by atoms with Gasteiger partial charge in [-0.05, 0) is 35.6 Å². The summed E-state index contributed by atoms with van der Waals surface area (Å²) in [5.41, 5.74) is -2.63. The normalized spacial score (nSPS) is 12.6. The van der Waals surface area contributed by atoms with Crippen LogP contribution in [0.25, 0.3) is 32.9 Å². The summed E-state index contributed by atoms with van der Waals surface area (Å²) in [5, 5.41) is 1.08. The van der Waals surface area contributed by atoms with Crippen molar-refractivity contribution in [3.8, 4) is 17.0 Å². The first-order chi connectivity index (χ1) is 14.4. The van der Waals surface area contributed by atoms with Gasteiger partial charge in [-0.3, -0.25) is 9.13 Å². The third kappa shape index (κ3) is 3.25. The van der Waals surface area contributed by atoms with Crippen LogP contribution < -0.4 is 9.87 Å². The first kappa shape index (κ1) is 20.9. The van der Waals surface area contributed by atoms with Gasteiger partial charge in [0.1, 0.15) is 0 Å². The fourth-order valence-electron chi connectivity index (χ4n) is 3.53. The van der Waals surface area contributed by atoms with Crippen molar-refractivity contribution >= 4 is 31.9 Å². The first-order valence-corrected chi connectivity index (χ1v) is 10.4. The van der Waals surface area contributed by atoms with Crippen LogP contribution in [-0.4, -0.2) is 28.0 Å². The average molecular weight is 451 g/mol. The molecule has 4 aromatic rings. The van der Waals surface area contributed by atoms with E-state index in [1.54, 1.807) is 38.4 Å². The second-order valence-electron chi connectivity index (χ2n) is 7.04. The predicted octanol–water partition coefficient (Wildman–Crippen LogP) is 3.63.